The zero-order valence-electron chi connectivity index (χ0n) is 11.1. The summed E-state index contributed by atoms with van der Waals surface area (Å²) in [6, 6.07) is 2.94. The third-order valence-electron chi connectivity index (χ3n) is 3.42. The number of nitrogens with zero attached hydrogens (tertiary/aromatic N) is 3. The van der Waals surface area contributed by atoms with Crippen LogP contribution in [0.25, 0.3) is 0 Å². The lowest BCUT2D eigenvalue weighted by atomic mass is 10.1. The minimum absolute atomic E-state index is 0.210. The molecule has 0 atom stereocenters. The Morgan fingerprint density at radius 3 is 2.62 bits per heavy atom. The molecule has 3 rings (SSSR count). The topological polar surface area (TPSA) is 36.4 Å². The third-order valence-corrected chi connectivity index (χ3v) is 4.25. The average molecular weight is 309 g/mol. The zero-order valence-corrected chi connectivity index (χ0v) is 11.9. The molecule has 1 aliphatic rings. The predicted molar refractivity (Wildman–Crippen MR) is 76.6 cm³/mol. The van der Waals surface area contributed by atoms with Gasteiger partial charge in [0.05, 0.1) is 5.56 Å². The van der Waals surface area contributed by atoms with Crippen LogP contribution in [0.4, 0.5) is 13.9 Å². The van der Waals surface area contributed by atoms with Gasteiger partial charge in [0, 0.05) is 37.8 Å². The number of thiazole rings is 1. The summed E-state index contributed by atoms with van der Waals surface area (Å²) < 4.78 is 26.8. The van der Waals surface area contributed by atoms with Crippen molar-refractivity contribution in [2.45, 2.75) is 0 Å². The lowest BCUT2D eigenvalue weighted by Gasteiger charge is -2.34. The molecule has 0 unspecified atom stereocenters. The minimum Gasteiger partial charge on any atom is -0.345 e. The number of halogens is 2. The smallest absolute Gasteiger partial charge is 0.257 e. The lowest BCUT2D eigenvalue weighted by molar-refractivity contribution is 0.0741. The van der Waals surface area contributed by atoms with Crippen molar-refractivity contribution in [1.82, 2.24) is 9.88 Å². The van der Waals surface area contributed by atoms with Crippen LogP contribution in [0, 0.1) is 11.6 Å². The second-order valence-electron chi connectivity index (χ2n) is 4.72. The summed E-state index contributed by atoms with van der Waals surface area (Å²) in [5.74, 6) is -1.77. The van der Waals surface area contributed by atoms with Crippen molar-refractivity contribution in [2.24, 2.45) is 0 Å². The van der Waals surface area contributed by atoms with Gasteiger partial charge < -0.3 is 9.80 Å². The second-order valence-corrected chi connectivity index (χ2v) is 5.59. The molecule has 2 aromatic rings. The third kappa shape index (κ3) is 2.87. The second kappa shape index (κ2) is 5.77. The van der Waals surface area contributed by atoms with E-state index in [0.29, 0.717) is 26.2 Å². The van der Waals surface area contributed by atoms with E-state index in [2.05, 4.69) is 9.88 Å². The van der Waals surface area contributed by atoms with Crippen molar-refractivity contribution in [3.8, 4) is 0 Å². The summed E-state index contributed by atoms with van der Waals surface area (Å²) in [5.41, 5.74) is -0.210. The molecule has 1 amide bonds. The molecule has 0 bridgehead atoms. The van der Waals surface area contributed by atoms with Crippen LogP contribution in [0.3, 0.4) is 0 Å². The maximum Gasteiger partial charge on any atom is 0.257 e. The quantitative estimate of drug-likeness (QED) is 0.854. The van der Waals surface area contributed by atoms with Gasteiger partial charge in [0.2, 0.25) is 0 Å². The van der Waals surface area contributed by atoms with Gasteiger partial charge in [0.1, 0.15) is 11.6 Å². The van der Waals surface area contributed by atoms with Crippen LogP contribution in [-0.4, -0.2) is 42.0 Å². The van der Waals surface area contributed by atoms with E-state index in [1.807, 2.05) is 5.38 Å². The number of rotatable bonds is 2. The molecule has 7 heteroatoms. The number of hydrogen-bond acceptors (Lipinski definition) is 4. The molecule has 1 aliphatic heterocycles. The normalized spacial score (nSPS) is 15.3. The van der Waals surface area contributed by atoms with Crippen LogP contribution in [0.5, 0.6) is 0 Å². The van der Waals surface area contributed by atoms with E-state index in [4.69, 9.17) is 0 Å². The highest BCUT2D eigenvalue weighted by Crippen LogP contribution is 2.20. The molecule has 0 saturated carbocycles. The molecular formula is C14H13F2N3OS. The van der Waals surface area contributed by atoms with Gasteiger partial charge in [0.25, 0.3) is 5.91 Å². The summed E-state index contributed by atoms with van der Waals surface area (Å²) in [5, 5.41) is 2.81. The van der Waals surface area contributed by atoms with Gasteiger partial charge >= 0.3 is 0 Å². The van der Waals surface area contributed by atoms with E-state index in [-0.39, 0.29) is 5.56 Å². The van der Waals surface area contributed by atoms with Gasteiger partial charge in [-0.3, -0.25) is 4.79 Å². The fraction of sp³-hybridized carbons (Fsp3) is 0.286. The van der Waals surface area contributed by atoms with Crippen LogP contribution in [-0.2, 0) is 0 Å². The number of benzene rings is 1. The molecule has 21 heavy (non-hydrogen) atoms. The highest BCUT2D eigenvalue weighted by molar-refractivity contribution is 7.13. The summed E-state index contributed by atoms with van der Waals surface area (Å²) in [4.78, 5) is 20.1. The first kappa shape index (κ1) is 13.9. The fourth-order valence-electron chi connectivity index (χ4n) is 2.30. The van der Waals surface area contributed by atoms with Crippen LogP contribution >= 0.6 is 11.3 Å². The van der Waals surface area contributed by atoms with Crippen LogP contribution in [0.2, 0.25) is 0 Å². The fourth-order valence-corrected chi connectivity index (χ4v) is 3.00. The highest BCUT2D eigenvalue weighted by Gasteiger charge is 2.25. The van der Waals surface area contributed by atoms with Crippen LogP contribution < -0.4 is 4.90 Å². The van der Waals surface area contributed by atoms with Crippen molar-refractivity contribution >= 4 is 22.4 Å². The molecule has 4 nitrogen and oxygen atoms in total. The van der Waals surface area contributed by atoms with Crippen molar-refractivity contribution in [2.75, 3.05) is 31.1 Å². The molecule has 110 valence electrons. The molecule has 2 heterocycles. The number of aromatic nitrogens is 1. The lowest BCUT2D eigenvalue weighted by Crippen LogP contribution is -2.49. The molecule has 0 N–H and O–H groups in total. The van der Waals surface area contributed by atoms with Crippen molar-refractivity contribution in [1.29, 1.82) is 0 Å². The molecule has 0 aliphatic carbocycles. The van der Waals surface area contributed by atoms with Gasteiger partial charge in [0.15, 0.2) is 5.13 Å². The van der Waals surface area contributed by atoms with Gasteiger partial charge in [-0.15, -0.1) is 11.3 Å². The molecule has 0 spiro atoms. The Morgan fingerprint density at radius 2 is 1.95 bits per heavy atom. The van der Waals surface area contributed by atoms with Gasteiger partial charge in [-0.25, -0.2) is 13.8 Å². The Balaban J connectivity index is 1.69. The van der Waals surface area contributed by atoms with Crippen molar-refractivity contribution < 1.29 is 13.6 Å². The van der Waals surface area contributed by atoms with Crippen molar-refractivity contribution in [3.63, 3.8) is 0 Å². The Kier molecular flexibility index (Phi) is 3.83. The molecule has 1 aromatic heterocycles. The monoisotopic (exact) mass is 309 g/mol. The molecular weight excluding hydrogens is 296 g/mol. The minimum atomic E-state index is -0.691. The first-order chi connectivity index (χ1) is 10.1. The van der Waals surface area contributed by atoms with E-state index in [1.165, 1.54) is 0 Å². The van der Waals surface area contributed by atoms with Crippen LogP contribution in [0.15, 0.2) is 29.8 Å². The summed E-state index contributed by atoms with van der Waals surface area (Å²) in [6.45, 7) is 2.20. The van der Waals surface area contributed by atoms with E-state index in [9.17, 15) is 13.6 Å². The Labute approximate surface area is 124 Å². The molecule has 1 fully saturated rings. The highest BCUT2D eigenvalue weighted by atomic mass is 32.1. The molecule has 1 aromatic carbocycles. The first-order valence-corrected chi connectivity index (χ1v) is 7.42. The number of hydrogen-bond donors (Lipinski definition) is 0. The van der Waals surface area contributed by atoms with Crippen molar-refractivity contribution in [3.05, 3.63) is 47.0 Å². The zero-order chi connectivity index (χ0) is 14.8. The van der Waals surface area contributed by atoms with Gasteiger partial charge in [-0.2, -0.15) is 0 Å². The maximum absolute atomic E-state index is 13.6. The Hall–Kier alpha value is -2.02. The summed E-state index contributed by atoms with van der Waals surface area (Å²) >= 11 is 1.54. The average Bonchev–Trinajstić information content (AvgIpc) is 3.03. The largest absolute Gasteiger partial charge is 0.345 e. The summed E-state index contributed by atoms with van der Waals surface area (Å²) in [6.07, 6.45) is 1.74. The summed E-state index contributed by atoms with van der Waals surface area (Å²) in [7, 11) is 0. The first-order valence-electron chi connectivity index (χ1n) is 6.54. The van der Waals surface area contributed by atoms with E-state index in [1.54, 1.807) is 22.4 Å². The predicted octanol–water partition coefficient (Wildman–Crippen LogP) is 2.38. The van der Waals surface area contributed by atoms with E-state index in [0.717, 1.165) is 23.3 Å². The molecule has 0 radical (unpaired) electrons. The number of carbonyl (C=O) groups is 1. The number of carbonyl (C=O) groups excluding carboxylic acids is 1. The Morgan fingerprint density at radius 1 is 1.19 bits per heavy atom. The Bertz CT molecular complexity index is 640. The van der Waals surface area contributed by atoms with E-state index >= 15 is 0 Å². The maximum atomic E-state index is 13.6. The molecule has 1 saturated heterocycles. The van der Waals surface area contributed by atoms with Gasteiger partial charge in [-0.1, -0.05) is 0 Å². The van der Waals surface area contributed by atoms with E-state index < -0.39 is 17.5 Å². The standard InChI is InChI=1S/C14H13F2N3OS/c15-10-1-2-12(16)11(9-10)13(20)18-4-6-19(7-5-18)14-17-3-8-21-14/h1-3,8-9H,4-7H2. The van der Waals surface area contributed by atoms with Gasteiger partial charge in [-0.05, 0) is 18.2 Å². The number of anilines is 1. The number of amides is 1. The SMILES string of the molecule is O=C(c1cc(F)ccc1F)N1CCN(c2nccs2)CC1. The van der Waals surface area contributed by atoms with Crippen LogP contribution in [0.1, 0.15) is 10.4 Å². The number of piperazine rings is 1.